The van der Waals surface area contributed by atoms with Crippen molar-refractivity contribution in [3.8, 4) is 0 Å². The summed E-state index contributed by atoms with van der Waals surface area (Å²) < 4.78 is 0. The van der Waals surface area contributed by atoms with Gasteiger partial charge in [-0.3, -0.25) is 0 Å². The van der Waals surface area contributed by atoms with Gasteiger partial charge in [0.05, 0.1) is 6.61 Å². The van der Waals surface area contributed by atoms with Gasteiger partial charge in [0.2, 0.25) is 0 Å². The quantitative estimate of drug-likeness (QED) is 0.713. The van der Waals surface area contributed by atoms with Gasteiger partial charge in [-0.25, -0.2) is 0 Å². The third-order valence-electron chi connectivity index (χ3n) is 3.91. The van der Waals surface area contributed by atoms with Crippen LogP contribution in [0.1, 0.15) is 52.9 Å². The molecule has 1 fully saturated rings. The van der Waals surface area contributed by atoms with E-state index in [4.69, 9.17) is 10.8 Å². The molecule has 1 atom stereocenters. The standard InChI is InChI=1S/C12H25NO/c1-11(2,3)12(7-8-12)6-4-5-10(13)9-14/h10,14H,4-9,13H2,1-3H3. The minimum atomic E-state index is -0.00855. The molecule has 0 aliphatic heterocycles. The van der Waals surface area contributed by atoms with Crippen molar-refractivity contribution in [2.45, 2.75) is 58.9 Å². The van der Waals surface area contributed by atoms with Crippen LogP contribution >= 0.6 is 0 Å². The minimum Gasteiger partial charge on any atom is -0.395 e. The zero-order valence-corrected chi connectivity index (χ0v) is 9.84. The molecular formula is C12H25NO. The Morgan fingerprint density at radius 3 is 2.29 bits per heavy atom. The lowest BCUT2D eigenvalue weighted by molar-refractivity contribution is 0.188. The van der Waals surface area contributed by atoms with Crippen LogP contribution in [0.2, 0.25) is 0 Å². The van der Waals surface area contributed by atoms with E-state index in [1.54, 1.807) is 0 Å². The van der Waals surface area contributed by atoms with Gasteiger partial charge in [0.15, 0.2) is 0 Å². The van der Waals surface area contributed by atoms with Crippen LogP contribution in [0.4, 0.5) is 0 Å². The molecule has 84 valence electrons. The lowest BCUT2D eigenvalue weighted by Crippen LogP contribution is -2.26. The molecule has 1 rings (SSSR count). The Morgan fingerprint density at radius 1 is 1.36 bits per heavy atom. The van der Waals surface area contributed by atoms with E-state index >= 15 is 0 Å². The summed E-state index contributed by atoms with van der Waals surface area (Å²) in [6.07, 6.45) is 6.17. The second-order valence-corrected chi connectivity index (χ2v) is 5.87. The first-order valence-corrected chi connectivity index (χ1v) is 5.78. The molecule has 1 aliphatic carbocycles. The van der Waals surface area contributed by atoms with Crippen LogP contribution in [0.25, 0.3) is 0 Å². The fourth-order valence-corrected chi connectivity index (χ4v) is 2.32. The maximum absolute atomic E-state index is 8.81. The lowest BCUT2D eigenvalue weighted by Gasteiger charge is -2.31. The van der Waals surface area contributed by atoms with Crippen LogP contribution in [0.3, 0.4) is 0 Å². The van der Waals surface area contributed by atoms with Crippen molar-refractivity contribution in [3.63, 3.8) is 0 Å². The first-order chi connectivity index (χ1) is 6.41. The highest BCUT2D eigenvalue weighted by atomic mass is 16.3. The largest absolute Gasteiger partial charge is 0.395 e. The number of nitrogens with two attached hydrogens (primary N) is 1. The Balaban J connectivity index is 2.25. The summed E-state index contributed by atoms with van der Waals surface area (Å²) in [5.74, 6) is 0. The summed E-state index contributed by atoms with van der Waals surface area (Å²) in [5, 5.41) is 8.81. The summed E-state index contributed by atoms with van der Waals surface area (Å²) in [7, 11) is 0. The Hall–Kier alpha value is -0.0800. The van der Waals surface area contributed by atoms with Crippen LogP contribution in [-0.2, 0) is 0 Å². The van der Waals surface area contributed by atoms with Crippen molar-refractivity contribution in [2.75, 3.05) is 6.61 Å². The summed E-state index contributed by atoms with van der Waals surface area (Å²) in [5.41, 5.74) is 6.71. The first kappa shape index (κ1) is 12.0. The van der Waals surface area contributed by atoms with Crippen LogP contribution < -0.4 is 5.73 Å². The Kier molecular flexibility index (Phi) is 3.59. The molecule has 14 heavy (non-hydrogen) atoms. The van der Waals surface area contributed by atoms with Gasteiger partial charge in [0.1, 0.15) is 0 Å². The Labute approximate surface area is 87.9 Å². The third-order valence-corrected chi connectivity index (χ3v) is 3.91. The molecule has 3 N–H and O–H groups in total. The van der Waals surface area contributed by atoms with Crippen molar-refractivity contribution in [1.82, 2.24) is 0 Å². The van der Waals surface area contributed by atoms with Crippen molar-refractivity contribution < 1.29 is 5.11 Å². The SMILES string of the molecule is CC(C)(C)C1(CCCC(N)CO)CC1. The van der Waals surface area contributed by atoms with Crippen molar-refractivity contribution in [3.05, 3.63) is 0 Å². The van der Waals surface area contributed by atoms with Crippen molar-refractivity contribution in [2.24, 2.45) is 16.6 Å². The monoisotopic (exact) mass is 199 g/mol. The van der Waals surface area contributed by atoms with Crippen LogP contribution in [0.15, 0.2) is 0 Å². The highest BCUT2D eigenvalue weighted by molar-refractivity contribution is 5.01. The van der Waals surface area contributed by atoms with Gasteiger partial charge >= 0.3 is 0 Å². The molecule has 1 aliphatic rings. The number of rotatable bonds is 5. The van der Waals surface area contributed by atoms with Crippen LogP contribution in [0, 0.1) is 10.8 Å². The molecule has 0 aromatic rings. The minimum absolute atomic E-state index is 0.00855. The maximum Gasteiger partial charge on any atom is 0.0582 e. The summed E-state index contributed by atoms with van der Waals surface area (Å²) >= 11 is 0. The molecule has 1 unspecified atom stereocenters. The molecule has 0 heterocycles. The average molecular weight is 199 g/mol. The summed E-state index contributed by atoms with van der Waals surface area (Å²) in [6, 6.07) is -0.00855. The van der Waals surface area contributed by atoms with Gasteiger partial charge in [-0.15, -0.1) is 0 Å². The van der Waals surface area contributed by atoms with Crippen LogP contribution in [-0.4, -0.2) is 17.8 Å². The average Bonchev–Trinajstić information content (AvgIpc) is 2.84. The van der Waals surface area contributed by atoms with Gasteiger partial charge < -0.3 is 10.8 Å². The predicted molar refractivity (Wildman–Crippen MR) is 60.0 cm³/mol. The van der Waals surface area contributed by atoms with Gasteiger partial charge in [0.25, 0.3) is 0 Å². The molecule has 0 saturated heterocycles. The molecule has 0 amide bonds. The van der Waals surface area contributed by atoms with Gasteiger partial charge in [0, 0.05) is 6.04 Å². The number of hydrogen-bond acceptors (Lipinski definition) is 2. The Bertz CT molecular complexity index is 179. The Morgan fingerprint density at radius 2 is 1.93 bits per heavy atom. The van der Waals surface area contributed by atoms with E-state index in [1.807, 2.05) is 0 Å². The van der Waals surface area contributed by atoms with Gasteiger partial charge in [-0.05, 0) is 36.5 Å². The molecule has 0 aromatic carbocycles. The lowest BCUT2D eigenvalue weighted by atomic mass is 9.74. The van der Waals surface area contributed by atoms with Crippen molar-refractivity contribution >= 4 is 0 Å². The molecular weight excluding hydrogens is 174 g/mol. The molecule has 2 nitrogen and oxygen atoms in total. The second kappa shape index (κ2) is 4.19. The molecule has 0 spiro atoms. The molecule has 2 heteroatoms. The number of hydrogen-bond donors (Lipinski definition) is 2. The third kappa shape index (κ3) is 2.71. The molecule has 0 radical (unpaired) electrons. The van der Waals surface area contributed by atoms with E-state index in [1.165, 1.54) is 25.7 Å². The highest BCUT2D eigenvalue weighted by Gasteiger charge is 2.50. The van der Waals surface area contributed by atoms with E-state index in [9.17, 15) is 0 Å². The summed E-state index contributed by atoms with van der Waals surface area (Å²) in [6.45, 7) is 7.15. The zero-order valence-electron chi connectivity index (χ0n) is 9.84. The normalized spacial score (nSPS) is 22.1. The topological polar surface area (TPSA) is 46.2 Å². The van der Waals surface area contributed by atoms with Gasteiger partial charge in [-0.1, -0.05) is 27.2 Å². The fraction of sp³-hybridized carbons (Fsp3) is 1.00. The fourth-order valence-electron chi connectivity index (χ4n) is 2.32. The smallest absolute Gasteiger partial charge is 0.0582 e. The van der Waals surface area contributed by atoms with E-state index in [0.29, 0.717) is 10.8 Å². The van der Waals surface area contributed by atoms with E-state index in [2.05, 4.69) is 20.8 Å². The zero-order chi connectivity index (χ0) is 10.8. The number of aliphatic hydroxyl groups excluding tert-OH is 1. The van der Waals surface area contributed by atoms with E-state index < -0.39 is 0 Å². The van der Waals surface area contributed by atoms with E-state index in [-0.39, 0.29) is 12.6 Å². The molecule has 1 saturated carbocycles. The number of aliphatic hydroxyl groups is 1. The predicted octanol–water partition coefficient (Wildman–Crippen LogP) is 2.30. The second-order valence-electron chi connectivity index (χ2n) is 5.87. The maximum atomic E-state index is 8.81. The first-order valence-electron chi connectivity index (χ1n) is 5.78. The molecule has 0 bridgehead atoms. The molecule has 0 aromatic heterocycles. The van der Waals surface area contributed by atoms with E-state index in [0.717, 1.165) is 6.42 Å². The van der Waals surface area contributed by atoms with Crippen molar-refractivity contribution in [1.29, 1.82) is 0 Å². The summed E-state index contributed by atoms with van der Waals surface area (Å²) in [4.78, 5) is 0. The van der Waals surface area contributed by atoms with Gasteiger partial charge in [-0.2, -0.15) is 0 Å². The highest BCUT2D eigenvalue weighted by Crippen LogP contribution is 2.61. The van der Waals surface area contributed by atoms with Crippen LogP contribution in [0.5, 0.6) is 0 Å².